The lowest BCUT2D eigenvalue weighted by molar-refractivity contribution is -0.00116. The van der Waals surface area contributed by atoms with Crippen LogP contribution in [0.2, 0.25) is 0 Å². The van der Waals surface area contributed by atoms with Crippen molar-refractivity contribution in [1.82, 2.24) is 4.90 Å². The van der Waals surface area contributed by atoms with Gasteiger partial charge in [0.25, 0.3) is 0 Å². The molecule has 1 aromatic heterocycles. The van der Waals surface area contributed by atoms with Crippen LogP contribution in [0.15, 0.2) is 47.1 Å². The van der Waals surface area contributed by atoms with Gasteiger partial charge in [0.15, 0.2) is 0 Å². The molecule has 0 fully saturated rings. The summed E-state index contributed by atoms with van der Waals surface area (Å²) < 4.78 is 10.7. The molecule has 1 heterocycles. The average Bonchev–Trinajstić information content (AvgIpc) is 3.00. The number of hydrogen-bond donors (Lipinski definition) is 1. The second-order valence-corrected chi connectivity index (χ2v) is 6.26. The van der Waals surface area contributed by atoms with Crippen LogP contribution in [0.5, 0.6) is 0 Å². The number of aliphatic hydroxyl groups is 1. The van der Waals surface area contributed by atoms with Crippen LogP contribution in [0, 0.1) is 6.92 Å². The summed E-state index contributed by atoms with van der Waals surface area (Å²) in [6, 6.07) is 12.5. The first kappa shape index (κ1) is 17.7. The van der Waals surface area contributed by atoms with Crippen molar-refractivity contribution in [2.45, 2.75) is 46.1 Å². The third-order valence-corrected chi connectivity index (χ3v) is 3.78. The van der Waals surface area contributed by atoms with Gasteiger partial charge in [0.05, 0.1) is 19.0 Å². The Bertz CT molecular complexity index is 566. The monoisotopic (exact) mass is 317 g/mol. The second kappa shape index (κ2) is 8.87. The highest BCUT2D eigenvalue weighted by atomic mass is 16.5. The van der Waals surface area contributed by atoms with E-state index in [4.69, 9.17) is 9.15 Å². The van der Waals surface area contributed by atoms with Gasteiger partial charge in [-0.05, 0) is 38.5 Å². The number of nitrogens with zero attached hydrogens (tertiary/aromatic N) is 1. The van der Waals surface area contributed by atoms with Crippen LogP contribution >= 0.6 is 0 Å². The van der Waals surface area contributed by atoms with E-state index in [2.05, 4.69) is 49.9 Å². The quantitative estimate of drug-likeness (QED) is 0.770. The van der Waals surface area contributed by atoms with Crippen LogP contribution in [0.25, 0.3) is 0 Å². The number of benzene rings is 1. The molecular formula is C19H27NO3. The molecule has 23 heavy (non-hydrogen) atoms. The van der Waals surface area contributed by atoms with E-state index >= 15 is 0 Å². The average molecular weight is 317 g/mol. The van der Waals surface area contributed by atoms with E-state index in [1.165, 1.54) is 11.1 Å². The number of aliphatic hydroxyl groups excluding tert-OH is 1. The molecule has 2 rings (SSSR count). The van der Waals surface area contributed by atoms with Crippen LogP contribution in [-0.2, 0) is 17.9 Å². The Morgan fingerprint density at radius 1 is 1.22 bits per heavy atom. The van der Waals surface area contributed by atoms with Gasteiger partial charge in [-0.1, -0.05) is 29.8 Å². The van der Waals surface area contributed by atoms with Crippen LogP contribution in [0.1, 0.15) is 30.7 Å². The first-order valence-corrected chi connectivity index (χ1v) is 8.12. The highest BCUT2D eigenvalue weighted by Crippen LogP contribution is 2.11. The highest BCUT2D eigenvalue weighted by molar-refractivity contribution is 5.22. The Morgan fingerprint density at radius 2 is 2.04 bits per heavy atom. The van der Waals surface area contributed by atoms with Crippen molar-refractivity contribution < 1.29 is 14.3 Å². The lowest BCUT2D eigenvalue weighted by atomic mass is 10.1. The third kappa shape index (κ3) is 6.18. The maximum Gasteiger partial charge on any atom is 0.129 e. The minimum absolute atomic E-state index is 0.303. The minimum atomic E-state index is -0.517. The Kier molecular flexibility index (Phi) is 6.84. The van der Waals surface area contributed by atoms with Crippen LogP contribution in [0.3, 0.4) is 0 Å². The molecule has 0 saturated carbocycles. The summed E-state index contributed by atoms with van der Waals surface area (Å²) in [5.74, 6) is 0.776. The molecule has 4 heteroatoms. The van der Waals surface area contributed by atoms with Crippen molar-refractivity contribution >= 4 is 0 Å². The zero-order chi connectivity index (χ0) is 16.7. The van der Waals surface area contributed by atoms with Crippen molar-refractivity contribution in [2.75, 3.05) is 13.2 Å². The summed E-state index contributed by atoms with van der Waals surface area (Å²) in [5, 5.41) is 10.2. The molecule has 0 radical (unpaired) electrons. The Balaban J connectivity index is 1.81. The van der Waals surface area contributed by atoms with E-state index in [0.717, 1.165) is 12.3 Å². The predicted octanol–water partition coefficient (Wildman–Crippen LogP) is 3.38. The summed E-state index contributed by atoms with van der Waals surface area (Å²) in [6.45, 7) is 8.50. The molecule has 1 aromatic carbocycles. The van der Waals surface area contributed by atoms with Crippen LogP contribution in [0.4, 0.5) is 0 Å². The van der Waals surface area contributed by atoms with Crippen molar-refractivity contribution in [2.24, 2.45) is 0 Å². The normalized spacial score (nSPS) is 13.0. The SMILES string of the molecule is Cc1cccc(CN(C[C@@H](O)COCc2ccco2)C(C)C)c1. The van der Waals surface area contributed by atoms with E-state index in [-0.39, 0.29) is 0 Å². The second-order valence-electron chi connectivity index (χ2n) is 6.26. The van der Waals surface area contributed by atoms with Crippen molar-refractivity contribution in [3.05, 3.63) is 59.5 Å². The molecule has 1 N–H and O–H groups in total. The first-order chi connectivity index (χ1) is 11.0. The van der Waals surface area contributed by atoms with Crippen LogP contribution < -0.4 is 0 Å². The van der Waals surface area contributed by atoms with Gasteiger partial charge in [-0.3, -0.25) is 4.90 Å². The van der Waals surface area contributed by atoms with E-state index in [0.29, 0.717) is 25.8 Å². The highest BCUT2D eigenvalue weighted by Gasteiger charge is 2.15. The topological polar surface area (TPSA) is 45.8 Å². The third-order valence-electron chi connectivity index (χ3n) is 3.78. The van der Waals surface area contributed by atoms with E-state index < -0.39 is 6.10 Å². The fourth-order valence-corrected chi connectivity index (χ4v) is 2.52. The number of ether oxygens (including phenoxy) is 1. The van der Waals surface area contributed by atoms with E-state index in [1.807, 2.05) is 12.1 Å². The van der Waals surface area contributed by atoms with E-state index in [9.17, 15) is 5.11 Å². The molecule has 0 bridgehead atoms. The summed E-state index contributed by atoms with van der Waals surface area (Å²) >= 11 is 0. The summed E-state index contributed by atoms with van der Waals surface area (Å²) in [5.41, 5.74) is 2.52. The Morgan fingerprint density at radius 3 is 2.70 bits per heavy atom. The molecule has 0 aliphatic carbocycles. The molecule has 0 spiro atoms. The van der Waals surface area contributed by atoms with Crippen molar-refractivity contribution in [1.29, 1.82) is 0 Å². The Labute approximate surface area is 138 Å². The Hall–Kier alpha value is -1.62. The zero-order valence-electron chi connectivity index (χ0n) is 14.2. The molecule has 1 atom stereocenters. The molecule has 2 aromatic rings. The summed E-state index contributed by atoms with van der Waals surface area (Å²) in [4.78, 5) is 2.26. The maximum absolute atomic E-state index is 10.2. The van der Waals surface area contributed by atoms with Gasteiger partial charge < -0.3 is 14.3 Å². The smallest absolute Gasteiger partial charge is 0.129 e. The lowest BCUT2D eigenvalue weighted by Gasteiger charge is -2.28. The first-order valence-electron chi connectivity index (χ1n) is 8.12. The largest absolute Gasteiger partial charge is 0.467 e. The fraction of sp³-hybridized carbons (Fsp3) is 0.474. The van der Waals surface area contributed by atoms with Gasteiger partial charge in [0.1, 0.15) is 12.4 Å². The van der Waals surface area contributed by atoms with Crippen LogP contribution in [-0.4, -0.2) is 35.3 Å². The van der Waals surface area contributed by atoms with Gasteiger partial charge in [-0.25, -0.2) is 0 Å². The van der Waals surface area contributed by atoms with Gasteiger partial charge in [-0.15, -0.1) is 0 Å². The zero-order valence-corrected chi connectivity index (χ0v) is 14.2. The number of furan rings is 1. The summed E-state index contributed by atoms with van der Waals surface area (Å²) in [6.07, 6.45) is 1.11. The predicted molar refractivity (Wildman–Crippen MR) is 91.1 cm³/mol. The molecule has 0 aliphatic rings. The van der Waals surface area contributed by atoms with Gasteiger partial charge in [-0.2, -0.15) is 0 Å². The van der Waals surface area contributed by atoms with Gasteiger partial charge in [0, 0.05) is 19.1 Å². The molecular weight excluding hydrogens is 290 g/mol. The van der Waals surface area contributed by atoms with Gasteiger partial charge in [0.2, 0.25) is 0 Å². The molecule has 0 amide bonds. The number of aryl methyl sites for hydroxylation is 1. The lowest BCUT2D eigenvalue weighted by Crippen LogP contribution is -2.38. The standard InChI is InChI=1S/C19H27NO3/c1-15(2)20(11-17-7-4-6-16(3)10-17)12-18(21)13-22-14-19-8-5-9-23-19/h4-10,15,18,21H,11-14H2,1-3H3/t18-/m1/s1. The molecule has 126 valence electrons. The molecule has 4 nitrogen and oxygen atoms in total. The minimum Gasteiger partial charge on any atom is -0.467 e. The maximum atomic E-state index is 10.2. The molecule has 0 aliphatic heterocycles. The fourth-order valence-electron chi connectivity index (χ4n) is 2.52. The van der Waals surface area contributed by atoms with E-state index in [1.54, 1.807) is 6.26 Å². The summed E-state index contributed by atoms with van der Waals surface area (Å²) in [7, 11) is 0. The number of hydrogen-bond acceptors (Lipinski definition) is 4. The van der Waals surface area contributed by atoms with Crippen molar-refractivity contribution in [3.8, 4) is 0 Å². The number of rotatable bonds is 9. The molecule has 0 unspecified atom stereocenters. The van der Waals surface area contributed by atoms with Crippen molar-refractivity contribution in [3.63, 3.8) is 0 Å². The van der Waals surface area contributed by atoms with Gasteiger partial charge >= 0.3 is 0 Å². The molecule has 0 saturated heterocycles.